The second-order valence-electron chi connectivity index (χ2n) is 6.14. The zero-order valence-corrected chi connectivity index (χ0v) is 15.1. The van der Waals surface area contributed by atoms with Crippen LogP contribution in [-0.2, 0) is 11.2 Å². The Morgan fingerprint density at radius 1 is 1.27 bits per heavy atom. The van der Waals surface area contributed by atoms with Crippen LogP contribution >= 0.6 is 11.8 Å². The van der Waals surface area contributed by atoms with Gasteiger partial charge in [-0.3, -0.25) is 4.79 Å². The van der Waals surface area contributed by atoms with E-state index in [1.165, 1.54) is 22.0 Å². The van der Waals surface area contributed by atoms with Crippen LogP contribution in [0, 0.1) is 0 Å². The molecule has 1 atom stereocenters. The Balaban J connectivity index is 1.53. The average Bonchev–Trinajstić information content (AvgIpc) is 3.31. The van der Waals surface area contributed by atoms with E-state index in [2.05, 4.69) is 16.3 Å². The molecule has 1 amide bonds. The van der Waals surface area contributed by atoms with Gasteiger partial charge in [0.15, 0.2) is 5.76 Å². The van der Waals surface area contributed by atoms with Gasteiger partial charge >= 0.3 is 0 Å². The molecular formula is C18H19N5O2S. The molecule has 26 heavy (non-hydrogen) atoms. The number of nitrogens with zero attached hydrogens (tertiary/aromatic N) is 4. The molecule has 2 N–H and O–H groups in total. The van der Waals surface area contributed by atoms with Gasteiger partial charge in [-0.25, -0.2) is 4.68 Å². The highest BCUT2D eigenvalue weighted by Crippen LogP contribution is 2.31. The Hall–Kier alpha value is -2.74. The summed E-state index contributed by atoms with van der Waals surface area (Å²) in [5.41, 5.74) is 2.22. The maximum atomic E-state index is 13.0. The number of carbonyl (C=O) groups excluding carboxylic acids is 1. The number of aromatic nitrogens is 3. The molecule has 1 aromatic carbocycles. The highest BCUT2D eigenvalue weighted by Gasteiger charge is 2.28. The second kappa shape index (κ2) is 6.87. The van der Waals surface area contributed by atoms with E-state index in [4.69, 9.17) is 10.3 Å². The van der Waals surface area contributed by atoms with Gasteiger partial charge in [-0.2, -0.15) is 0 Å². The maximum Gasteiger partial charge on any atom is 0.240 e. The summed E-state index contributed by atoms with van der Waals surface area (Å²) >= 11 is 1.30. The van der Waals surface area contributed by atoms with Crippen molar-refractivity contribution in [3.8, 4) is 11.6 Å². The Kier molecular flexibility index (Phi) is 4.42. The molecule has 0 bridgehead atoms. The minimum absolute atomic E-state index is 0.0460. The fourth-order valence-electron chi connectivity index (χ4n) is 3.12. The summed E-state index contributed by atoms with van der Waals surface area (Å²) in [5.74, 6) is 7.10. The monoisotopic (exact) mass is 369 g/mol. The molecule has 8 heteroatoms. The minimum Gasteiger partial charge on any atom is -0.461 e. The molecule has 1 aliphatic rings. The number of rotatable bonds is 4. The molecule has 0 fully saturated rings. The van der Waals surface area contributed by atoms with E-state index in [1.54, 1.807) is 18.4 Å². The number of nitrogen functional groups attached to an aromatic ring is 1. The first-order chi connectivity index (χ1) is 12.6. The van der Waals surface area contributed by atoms with E-state index in [1.807, 2.05) is 30.0 Å². The van der Waals surface area contributed by atoms with Crippen LogP contribution < -0.4 is 10.7 Å². The lowest BCUT2D eigenvalue weighted by molar-refractivity contribution is -0.117. The zero-order valence-electron chi connectivity index (χ0n) is 14.3. The van der Waals surface area contributed by atoms with Crippen molar-refractivity contribution < 1.29 is 9.21 Å². The smallest absolute Gasteiger partial charge is 0.240 e. The molecule has 3 heterocycles. The van der Waals surface area contributed by atoms with Gasteiger partial charge in [-0.1, -0.05) is 30.0 Å². The van der Waals surface area contributed by atoms with Crippen LogP contribution in [0.1, 0.15) is 18.9 Å². The van der Waals surface area contributed by atoms with Gasteiger partial charge in [0.05, 0.1) is 11.5 Å². The van der Waals surface area contributed by atoms with Crippen molar-refractivity contribution in [1.82, 2.24) is 14.9 Å². The lowest BCUT2D eigenvalue weighted by atomic mass is 10.0. The van der Waals surface area contributed by atoms with Crippen LogP contribution in [0.3, 0.4) is 0 Å². The summed E-state index contributed by atoms with van der Waals surface area (Å²) in [6.07, 6.45) is 3.53. The van der Waals surface area contributed by atoms with E-state index in [0.717, 1.165) is 25.1 Å². The van der Waals surface area contributed by atoms with Crippen LogP contribution in [0.15, 0.2) is 52.2 Å². The quantitative estimate of drug-likeness (QED) is 0.562. The first kappa shape index (κ1) is 16.7. The van der Waals surface area contributed by atoms with E-state index in [-0.39, 0.29) is 11.2 Å². The fraction of sp³-hybridized carbons (Fsp3) is 0.278. The second-order valence-corrected chi connectivity index (χ2v) is 7.44. The van der Waals surface area contributed by atoms with Gasteiger partial charge in [-0.15, -0.1) is 10.2 Å². The van der Waals surface area contributed by atoms with Crippen LogP contribution in [0.2, 0.25) is 0 Å². The fourth-order valence-corrected chi connectivity index (χ4v) is 3.95. The lowest BCUT2D eigenvalue weighted by Gasteiger charge is -2.31. The first-order valence-corrected chi connectivity index (χ1v) is 9.33. The highest BCUT2D eigenvalue weighted by atomic mass is 32.2. The third kappa shape index (κ3) is 2.96. The third-order valence-electron chi connectivity index (χ3n) is 4.41. The third-order valence-corrected chi connectivity index (χ3v) is 5.46. The number of para-hydroxylation sites is 1. The largest absolute Gasteiger partial charge is 0.461 e. The zero-order chi connectivity index (χ0) is 18.1. The SMILES string of the molecule is C[C@@H](Sc1nnc(-c2ccco2)n1N)C(=O)N1CCCc2ccccc21. The van der Waals surface area contributed by atoms with Gasteiger partial charge in [0.1, 0.15) is 0 Å². The van der Waals surface area contributed by atoms with E-state index >= 15 is 0 Å². The van der Waals surface area contributed by atoms with Crippen LogP contribution in [0.4, 0.5) is 5.69 Å². The van der Waals surface area contributed by atoms with Crippen LogP contribution in [0.5, 0.6) is 0 Å². The Labute approximate surface area is 155 Å². The van der Waals surface area contributed by atoms with Gasteiger partial charge in [0.2, 0.25) is 16.9 Å². The summed E-state index contributed by atoms with van der Waals surface area (Å²) in [6, 6.07) is 11.6. The lowest BCUT2D eigenvalue weighted by Crippen LogP contribution is -2.40. The molecule has 134 valence electrons. The number of carbonyl (C=O) groups is 1. The molecule has 2 aromatic heterocycles. The Morgan fingerprint density at radius 2 is 2.12 bits per heavy atom. The minimum atomic E-state index is -0.336. The molecule has 0 aliphatic carbocycles. The number of amides is 1. The summed E-state index contributed by atoms with van der Waals surface area (Å²) in [5, 5.41) is 8.31. The standard InChI is InChI=1S/C18H19N5O2S/c1-12(17(24)22-10-4-7-13-6-2-3-8-14(13)22)26-18-21-20-16(23(18)19)15-9-5-11-25-15/h2-3,5-6,8-9,11-12H,4,7,10,19H2,1H3/t12-/m1/s1. The summed E-state index contributed by atoms with van der Waals surface area (Å²) in [7, 11) is 0. The number of furan rings is 1. The highest BCUT2D eigenvalue weighted by molar-refractivity contribution is 8.00. The molecule has 7 nitrogen and oxygen atoms in total. The molecule has 0 spiro atoms. The Morgan fingerprint density at radius 3 is 2.92 bits per heavy atom. The molecule has 1 aliphatic heterocycles. The summed E-state index contributed by atoms with van der Waals surface area (Å²) in [4.78, 5) is 14.9. The number of benzene rings is 1. The topological polar surface area (TPSA) is 90.2 Å². The van der Waals surface area contributed by atoms with Crippen LogP contribution in [-0.4, -0.2) is 32.6 Å². The van der Waals surface area contributed by atoms with Crippen LogP contribution in [0.25, 0.3) is 11.6 Å². The molecule has 0 saturated carbocycles. The molecule has 0 unspecified atom stereocenters. The number of aryl methyl sites for hydroxylation is 1. The normalized spacial score (nSPS) is 14.9. The van der Waals surface area contributed by atoms with Crippen molar-refractivity contribution in [2.45, 2.75) is 30.2 Å². The van der Waals surface area contributed by atoms with Crippen molar-refractivity contribution in [3.05, 3.63) is 48.2 Å². The molecular weight excluding hydrogens is 350 g/mol. The van der Waals surface area contributed by atoms with Gasteiger partial charge < -0.3 is 15.2 Å². The summed E-state index contributed by atoms with van der Waals surface area (Å²) < 4.78 is 6.67. The molecule has 4 rings (SSSR count). The van der Waals surface area contributed by atoms with Crippen molar-refractivity contribution in [2.75, 3.05) is 17.3 Å². The van der Waals surface area contributed by atoms with Gasteiger partial charge in [0, 0.05) is 12.2 Å². The maximum absolute atomic E-state index is 13.0. The van der Waals surface area contributed by atoms with Crippen molar-refractivity contribution >= 4 is 23.4 Å². The first-order valence-electron chi connectivity index (χ1n) is 8.45. The van der Waals surface area contributed by atoms with Crippen molar-refractivity contribution in [1.29, 1.82) is 0 Å². The summed E-state index contributed by atoms with van der Waals surface area (Å²) in [6.45, 7) is 2.60. The van der Waals surface area contributed by atoms with E-state index < -0.39 is 0 Å². The number of hydrogen-bond acceptors (Lipinski definition) is 6. The van der Waals surface area contributed by atoms with Gasteiger partial charge in [0.25, 0.3) is 0 Å². The average molecular weight is 369 g/mol. The number of fused-ring (bicyclic) bond motifs is 1. The van der Waals surface area contributed by atoms with Crippen molar-refractivity contribution in [3.63, 3.8) is 0 Å². The number of anilines is 1. The molecule has 0 saturated heterocycles. The number of hydrogen-bond donors (Lipinski definition) is 1. The predicted octanol–water partition coefficient (Wildman–Crippen LogP) is 2.71. The van der Waals surface area contributed by atoms with Gasteiger partial charge in [-0.05, 0) is 43.5 Å². The van der Waals surface area contributed by atoms with E-state index in [9.17, 15) is 4.79 Å². The molecule has 3 aromatic rings. The molecule has 0 radical (unpaired) electrons. The Bertz CT molecular complexity index is 922. The number of thioether (sulfide) groups is 1. The van der Waals surface area contributed by atoms with Crippen molar-refractivity contribution in [2.24, 2.45) is 0 Å². The number of nitrogens with two attached hydrogens (primary N) is 1. The van der Waals surface area contributed by atoms with E-state index in [0.29, 0.717) is 16.7 Å². The predicted molar refractivity (Wildman–Crippen MR) is 100 cm³/mol.